The molecular weight excluding hydrogens is 454 g/mol. The molecule has 1 N–H and O–H groups in total. The molecule has 2 aromatic rings. The van der Waals surface area contributed by atoms with Crippen LogP contribution < -0.4 is 14.8 Å². The molecule has 0 spiro atoms. The molecule has 0 fully saturated rings. The molecule has 2 aromatic carbocycles. The second-order valence-electron chi connectivity index (χ2n) is 8.78. The number of likely N-dealkylation sites (N-methyl/N-ethyl adjacent to an activating group) is 1. The number of hydrogen-bond donors (Lipinski definition) is 1. The third-order valence-corrected chi connectivity index (χ3v) is 8.23. The summed E-state index contributed by atoms with van der Waals surface area (Å²) in [7, 11) is 1.41. The largest absolute Gasteiger partial charge is 0.497 e. The lowest BCUT2D eigenvalue weighted by Gasteiger charge is -2.25. The summed E-state index contributed by atoms with van der Waals surface area (Å²) in [4.78, 5) is 14.8. The van der Waals surface area contributed by atoms with E-state index in [1.165, 1.54) is 22.5 Å². The minimum atomic E-state index is -3.72. The molecule has 0 saturated heterocycles. The van der Waals surface area contributed by atoms with Crippen LogP contribution in [0.2, 0.25) is 0 Å². The lowest BCUT2D eigenvalue weighted by molar-refractivity contribution is -0.121. The Morgan fingerprint density at radius 2 is 1.82 bits per heavy atom. The third kappa shape index (κ3) is 6.28. The maximum Gasteiger partial charge on any atom is 0.243 e. The van der Waals surface area contributed by atoms with Gasteiger partial charge in [-0.15, -0.1) is 0 Å². The number of carbonyl (C=O) groups is 1. The molecule has 9 heteroatoms. The zero-order chi connectivity index (χ0) is 24.9. The lowest BCUT2D eigenvalue weighted by atomic mass is 10.00. The number of benzene rings is 2. The SMILES string of the molecule is COc1cc(C)c(S(=O)(=O)N(C)CCC(=O)NCCOc2ccc3c(c2)CN(C)CC3)c(C)c1. The highest BCUT2D eigenvalue weighted by atomic mass is 32.2. The minimum Gasteiger partial charge on any atom is -0.497 e. The number of aryl methyl sites for hydroxylation is 2. The van der Waals surface area contributed by atoms with Crippen molar-refractivity contribution in [2.75, 3.05) is 47.4 Å². The van der Waals surface area contributed by atoms with Crippen LogP contribution in [-0.4, -0.2) is 71.0 Å². The monoisotopic (exact) mass is 489 g/mol. The van der Waals surface area contributed by atoms with E-state index in [0.717, 1.165) is 25.3 Å². The number of hydrogen-bond acceptors (Lipinski definition) is 6. The zero-order valence-electron chi connectivity index (χ0n) is 20.7. The molecule has 34 heavy (non-hydrogen) atoms. The van der Waals surface area contributed by atoms with E-state index >= 15 is 0 Å². The van der Waals surface area contributed by atoms with E-state index in [0.29, 0.717) is 30.0 Å². The molecule has 0 aliphatic carbocycles. The van der Waals surface area contributed by atoms with Gasteiger partial charge in [0, 0.05) is 33.1 Å². The number of sulfonamides is 1. The van der Waals surface area contributed by atoms with Crippen molar-refractivity contribution in [2.24, 2.45) is 0 Å². The van der Waals surface area contributed by atoms with Crippen molar-refractivity contribution in [1.29, 1.82) is 0 Å². The summed E-state index contributed by atoms with van der Waals surface area (Å²) < 4.78 is 38.3. The Hall–Kier alpha value is -2.62. The second-order valence-corrected chi connectivity index (χ2v) is 10.8. The minimum absolute atomic E-state index is 0.0646. The fourth-order valence-electron chi connectivity index (χ4n) is 4.18. The van der Waals surface area contributed by atoms with Gasteiger partial charge in [0.1, 0.15) is 18.1 Å². The van der Waals surface area contributed by atoms with Crippen molar-refractivity contribution in [1.82, 2.24) is 14.5 Å². The standard InChI is InChI=1S/C25H35N3O5S/c1-18-14-23(32-5)15-19(2)25(18)34(30,31)28(4)12-9-24(29)26-10-13-33-22-7-6-20-8-11-27(3)17-21(20)16-22/h6-7,14-16H,8-13,17H2,1-5H3,(H,26,29). The van der Waals surface area contributed by atoms with Gasteiger partial charge in [-0.05, 0) is 73.8 Å². The predicted molar refractivity (Wildman–Crippen MR) is 132 cm³/mol. The average Bonchev–Trinajstić information content (AvgIpc) is 2.79. The molecule has 0 unspecified atom stereocenters. The second kappa shape index (κ2) is 11.2. The van der Waals surface area contributed by atoms with Gasteiger partial charge in [-0.3, -0.25) is 4.79 Å². The van der Waals surface area contributed by atoms with Crippen LogP contribution >= 0.6 is 0 Å². The fraction of sp³-hybridized carbons (Fsp3) is 0.480. The van der Waals surface area contributed by atoms with Gasteiger partial charge in [0.25, 0.3) is 0 Å². The summed E-state index contributed by atoms with van der Waals surface area (Å²) in [5.41, 5.74) is 3.86. The first kappa shape index (κ1) is 26.0. The highest BCUT2D eigenvalue weighted by Crippen LogP contribution is 2.28. The summed E-state index contributed by atoms with van der Waals surface area (Å²) in [5.74, 6) is 1.18. The van der Waals surface area contributed by atoms with Gasteiger partial charge in [-0.2, -0.15) is 0 Å². The van der Waals surface area contributed by atoms with Gasteiger partial charge in [0.15, 0.2) is 0 Å². The number of amides is 1. The van der Waals surface area contributed by atoms with Crippen molar-refractivity contribution in [2.45, 2.75) is 38.1 Å². The molecule has 0 radical (unpaired) electrons. The lowest BCUT2D eigenvalue weighted by Crippen LogP contribution is -2.34. The van der Waals surface area contributed by atoms with Crippen molar-refractivity contribution in [3.63, 3.8) is 0 Å². The topological polar surface area (TPSA) is 88.2 Å². The Morgan fingerprint density at radius 1 is 1.12 bits per heavy atom. The molecule has 1 amide bonds. The van der Waals surface area contributed by atoms with E-state index in [2.05, 4.69) is 29.4 Å². The van der Waals surface area contributed by atoms with Crippen LogP contribution in [0.1, 0.15) is 28.7 Å². The van der Waals surface area contributed by atoms with Gasteiger partial charge in [0.05, 0.1) is 18.6 Å². The molecule has 0 aromatic heterocycles. The maximum absolute atomic E-state index is 13.1. The number of nitrogens with one attached hydrogen (secondary N) is 1. The van der Waals surface area contributed by atoms with Crippen LogP contribution in [0, 0.1) is 13.8 Å². The van der Waals surface area contributed by atoms with Crippen LogP contribution in [0.4, 0.5) is 0 Å². The normalized spacial score (nSPS) is 14.1. The molecule has 0 saturated carbocycles. The quantitative estimate of drug-likeness (QED) is 0.516. The van der Waals surface area contributed by atoms with Crippen molar-refractivity contribution < 1.29 is 22.7 Å². The van der Waals surface area contributed by atoms with E-state index < -0.39 is 10.0 Å². The molecule has 186 valence electrons. The Kier molecular flexibility index (Phi) is 8.57. The number of methoxy groups -OCH3 is 1. The predicted octanol–water partition coefficient (Wildman–Crippen LogP) is 2.51. The van der Waals surface area contributed by atoms with E-state index in [-0.39, 0.29) is 23.8 Å². The molecular formula is C25H35N3O5S. The number of rotatable bonds is 10. The Balaban J connectivity index is 1.46. The first-order chi connectivity index (χ1) is 16.1. The molecule has 1 aliphatic rings. The van der Waals surface area contributed by atoms with Crippen LogP contribution in [0.25, 0.3) is 0 Å². The number of ether oxygens (including phenoxy) is 2. The van der Waals surface area contributed by atoms with Gasteiger partial charge in [-0.1, -0.05) is 6.07 Å². The smallest absolute Gasteiger partial charge is 0.243 e. The first-order valence-electron chi connectivity index (χ1n) is 11.4. The van der Waals surface area contributed by atoms with E-state index in [9.17, 15) is 13.2 Å². The summed E-state index contributed by atoms with van der Waals surface area (Å²) in [5, 5.41) is 2.80. The van der Waals surface area contributed by atoms with E-state index in [4.69, 9.17) is 9.47 Å². The molecule has 1 aliphatic heterocycles. The van der Waals surface area contributed by atoms with Crippen molar-refractivity contribution in [3.8, 4) is 11.5 Å². The Bertz CT molecular complexity index is 1110. The van der Waals surface area contributed by atoms with E-state index in [1.54, 1.807) is 33.1 Å². The maximum atomic E-state index is 13.1. The van der Waals surface area contributed by atoms with Gasteiger partial charge in [0.2, 0.25) is 15.9 Å². The van der Waals surface area contributed by atoms with Gasteiger partial charge >= 0.3 is 0 Å². The molecule has 1 heterocycles. The molecule has 8 nitrogen and oxygen atoms in total. The number of fused-ring (bicyclic) bond motifs is 1. The highest BCUT2D eigenvalue weighted by Gasteiger charge is 2.25. The summed E-state index contributed by atoms with van der Waals surface area (Å²) >= 11 is 0. The average molecular weight is 490 g/mol. The third-order valence-electron chi connectivity index (χ3n) is 6.07. The molecule has 3 rings (SSSR count). The fourth-order valence-corrected chi connectivity index (χ4v) is 5.76. The highest BCUT2D eigenvalue weighted by molar-refractivity contribution is 7.89. The first-order valence-corrected chi connectivity index (χ1v) is 12.9. The Labute approximate surface area is 202 Å². The molecule has 0 bridgehead atoms. The van der Waals surface area contributed by atoms with Gasteiger partial charge in [-0.25, -0.2) is 12.7 Å². The van der Waals surface area contributed by atoms with Crippen LogP contribution in [-0.2, 0) is 27.8 Å². The zero-order valence-corrected chi connectivity index (χ0v) is 21.5. The summed E-state index contributed by atoms with van der Waals surface area (Å²) in [6, 6.07) is 9.53. The van der Waals surface area contributed by atoms with Crippen LogP contribution in [0.5, 0.6) is 11.5 Å². The Morgan fingerprint density at radius 3 is 2.50 bits per heavy atom. The number of nitrogens with zero attached hydrogens (tertiary/aromatic N) is 2. The van der Waals surface area contributed by atoms with Crippen LogP contribution in [0.15, 0.2) is 35.2 Å². The van der Waals surface area contributed by atoms with Crippen molar-refractivity contribution >= 4 is 15.9 Å². The van der Waals surface area contributed by atoms with Crippen molar-refractivity contribution in [3.05, 3.63) is 52.6 Å². The van der Waals surface area contributed by atoms with E-state index in [1.807, 2.05) is 6.07 Å². The van der Waals surface area contributed by atoms with Gasteiger partial charge < -0.3 is 19.7 Å². The summed E-state index contributed by atoms with van der Waals surface area (Å²) in [6.45, 7) is 6.23. The molecule has 0 atom stereocenters. The number of carbonyl (C=O) groups excluding carboxylic acids is 1. The summed E-state index contributed by atoms with van der Waals surface area (Å²) in [6.07, 6.45) is 1.11. The van der Waals surface area contributed by atoms with Crippen LogP contribution in [0.3, 0.4) is 0 Å².